The molecule has 2 rings (SSSR count). The van der Waals surface area contributed by atoms with E-state index in [2.05, 4.69) is 0 Å². The first-order chi connectivity index (χ1) is 13.6. The summed E-state index contributed by atoms with van der Waals surface area (Å²) < 4.78 is 5.70. The van der Waals surface area contributed by atoms with Gasteiger partial charge in [0, 0.05) is 6.54 Å². The van der Waals surface area contributed by atoms with Gasteiger partial charge < -0.3 is 14.7 Å². The summed E-state index contributed by atoms with van der Waals surface area (Å²) in [6.45, 7) is 6.77. The van der Waals surface area contributed by atoms with Crippen LogP contribution in [0.5, 0.6) is 5.75 Å². The van der Waals surface area contributed by atoms with E-state index in [0.29, 0.717) is 31.2 Å². The highest BCUT2D eigenvalue weighted by atomic mass is 35.5. The zero-order valence-corrected chi connectivity index (χ0v) is 18.6. The normalized spacial score (nSPS) is 10.9. The van der Waals surface area contributed by atoms with Crippen molar-refractivity contribution in [1.29, 1.82) is 0 Å². The molecular weight excluding hydrogens is 437 g/mol. The van der Waals surface area contributed by atoms with Crippen molar-refractivity contribution < 1.29 is 19.4 Å². The highest BCUT2D eigenvalue weighted by molar-refractivity contribution is 6.41. The molecule has 0 saturated carbocycles. The molecule has 0 aromatic heterocycles. The Labute approximate surface area is 185 Å². The third kappa shape index (κ3) is 5.78. The number of carboxylic acid groups (broad SMARTS) is 1. The Bertz CT molecular complexity index is 892. The van der Waals surface area contributed by atoms with Crippen molar-refractivity contribution in [2.75, 3.05) is 18.1 Å². The molecule has 1 amide bonds. The van der Waals surface area contributed by atoms with Gasteiger partial charge in [0.05, 0.1) is 38.5 Å². The molecule has 1 N–H and O–H groups in total. The van der Waals surface area contributed by atoms with Gasteiger partial charge >= 0.3 is 5.97 Å². The first-order valence-electron chi connectivity index (χ1n) is 9.12. The second kappa shape index (κ2) is 10.2. The third-order valence-corrected chi connectivity index (χ3v) is 4.88. The van der Waals surface area contributed by atoms with Crippen LogP contribution in [0.15, 0.2) is 30.3 Å². The highest BCUT2D eigenvalue weighted by Gasteiger charge is 2.25. The molecule has 0 aliphatic heterocycles. The highest BCUT2D eigenvalue weighted by Crippen LogP contribution is 2.37. The Hall–Kier alpha value is -1.95. The van der Waals surface area contributed by atoms with E-state index in [0.717, 1.165) is 0 Å². The zero-order valence-electron chi connectivity index (χ0n) is 16.3. The minimum absolute atomic E-state index is 0.0604. The maximum atomic E-state index is 13.3. The minimum atomic E-state index is -1.16. The lowest BCUT2D eigenvalue weighted by Gasteiger charge is -2.25. The number of hydrogen-bond donors (Lipinski definition) is 1. The lowest BCUT2D eigenvalue weighted by atomic mass is 10.1. The number of carboxylic acids is 1. The second-order valence-electron chi connectivity index (χ2n) is 6.90. The number of amides is 1. The number of benzene rings is 2. The van der Waals surface area contributed by atoms with Crippen molar-refractivity contribution in [3.8, 4) is 5.75 Å². The Morgan fingerprint density at radius 1 is 1.07 bits per heavy atom. The van der Waals surface area contributed by atoms with Crippen LogP contribution in [-0.2, 0) is 0 Å². The fourth-order valence-corrected chi connectivity index (χ4v) is 3.54. The molecule has 2 aromatic carbocycles. The van der Waals surface area contributed by atoms with Crippen LogP contribution >= 0.6 is 34.8 Å². The Balaban J connectivity index is 2.48. The van der Waals surface area contributed by atoms with Gasteiger partial charge in [-0.25, -0.2) is 4.79 Å². The number of rotatable bonds is 8. The molecular formula is C21H22Cl3NO4. The van der Waals surface area contributed by atoms with Gasteiger partial charge in [-0.3, -0.25) is 4.79 Å². The Morgan fingerprint density at radius 2 is 1.69 bits per heavy atom. The van der Waals surface area contributed by atoms with E-state index in [4.69, 9.17) is 39.5 Å². The largest absolute Gasteiger partial charge is 0.493 e. The number of hydrogen-bond acceptors (Lipinski definition) is 3. The SMILES string of the molecule is CCCN(C(=O)c1cc(OCC(C)C)ccc1Cl)c1c(Cl)cc(C(=O)O)cc1Cl. The summed E-state index contributed by atoms with van der Waals surface area (Å²) in [7, 11) is 0. The van der Waals surface area contributed by atoms with Crippen molar-refractivity contribution >= 4 is 52.4 Å². The molecule has 0 aliphatic rings. The van der Waals surface area contributed by atoms with Gasteiger partial charge in [-0.05, 0) is 42.7 Å². The van der Waals surface area contributed by atoms with E-state index in [1.54, 1.807) is 18.2 Å². The fraction of sp³-hybridized carbons (Fsp3) is 0.333. The van der Waals surface area contributed by atoms with Crippen molar-refractivity contribution in [3.63, 3.8) is 0 Å². The van der Waals surface area contributed by atoms with Crippen LogP contribution in [0, 0.1) is 5.92 Å². The average molecular weight is 459 g/mol. The molecule has 2 aromatic rings. The average Bonchev–Trinajstić information content (AvgIpc) is 2.65. The van der Waals surface area contributed by atoms with Gasteiger partial charge in [-0.15, -0.1) is 0 Å². The topological polar surface area (TPSA) is 66.8 Å². The molecule has 5 nitrogen and oxygen atoms in total. The van der Waals surface area contributed by atoms with Crippen LogP contribution in [0.4, 0.5) is 5.69 Å². The van der Waals surface area contributed by atoms with Crippen LogP contribution in [-0.4, -0.2) is 30.1 Å². The summed E-state index contributed by atoms with van der Waals surface area (Å²) >= 11 is 18.9. The molecule has 0 spiro atoms. The van der Waals surface area contributed by atoms with Crippen LogP contribution in [0.3, 0.4) is 0 Å². The van der Waals surface area contributed by atoms with E-state index in [1.165, 1.54) is 17.0 Å². The number of anilines is 1. The smallest absolute Gasteiger partial charge is 0.335 e. The maximum absolute atomic E-state index is 13.3. The first-order valence-corrected chi connectivity index (χ1v) is 10.3. The molecule has 0 radical (unpaired) electrons. The molecule has 0 atom stereocenters. The Kier molecular flexibility index (Phi) is 8.20. The molecule has 0 fully saturated rings. The van der Waals surface area contributed by atoms with E-state index < -0.39 is 11.9 Å². The van der Waals surface area contributed by atoms with Crippen LogP contribution in [0.2, 0.25) is 15.1 Å². The number of aromatic carboxylic acids is 1. The molecule has 29 heavy (non-hydrogen) atoms. The van der Waals surface area contributed by atoms with Gasteiger partial charge in [0.15, 0.2) is 0 Å². The predicted octanol–water partition coefficient (Wildman–Crippen LogP) is 6.44. The number of carbonyl (C=O) groups excluding carboxylic acids is 1. The van der Waals surface area contributed by atoms with Gasteiger partial charge in [0.1, 0.15) is 5.75 Å². The predicted molar refractivity (Wildman–Crippen MR) is 117 cm³/mol. The number of ether oxygens (including phenoxy) is 1. The minimum Gasteiger partial charge on any atom is -0.493 e. The van der Waals surface area contributed by atoms with E-state index in [-0.39, 0.29) is 31.9 Å². The van der Waals surface area contributed by atoms with Crippen molar-refractivity contribution in [2.24, 2.45) is 5.92 Å². The van der Waals surface area contributed by atoms with E-state index in [1.807, 2.05) is 20.8 Å². The number of nitrogens with zero attached hydrogens (tertiary/aromatic N) is 1. The summed E-state index contributed by atoms with van der Waals surface area (Å²) in [4.78, 5) is 26.0. The molecule has 0 saturated heterocycles. The van der Waals surface area contributed by atoms with E-state index in [9.17, 15) is 14.7 Å². The summed E-state index contributed by atoms with van der Waals surface area (Å²) in [5, 5.41) is 9.59. The van der Waals surface area contributed by atoms with Crippen LogP contribution in [0.1, 0.15) is 47.9 Å². The van der Waals surface area contributed by atoms with Gasteiger partial charge in [0.25, 0.3) is 5.91 Å². The Morgan fingerprint density at radius 3 is 2.21 bits per heavy atom. The number of carbonyl (C=O) groups is 2. The summed E-state index contributed by atoms with van der Waals surface area (Å²) in [6, 6.07) is 7.43. The van der Waals surface area contributed by atoms with Crippen molar-refractivity contribution in [1.82, 2.24) is 0 Å². The van der Waals surface area contributed by atoms with Crippen LogP contribution in [0.25, 0.3) is 0 Å². The fourth-order valence-electron chi connectivity index (χ4n) is 2.65. The third-order valence-electron chi connectivity index (χ3n) is 3.98. The summed E-state index contributed by atoms with van der Waals surface area (Å²) in [6.07, 6.45) is 0.625. The first kappa shape index (κ1) is 23.3. The lowest BCUT2D eigenvalue weighted by molar-refractivity contribution is 0.0696. The second-order valence-corrected chi connectivity index (χ2v) is 8.12. The van der Waals surface area contributed by atoms with E-state index >= 15 is 0 Å². The van der Waals surface area contributed by atoms with Gasteiger partial charge in [-0.1, -0.05) is 55.6 Å². The maximum Gasteiger partial charge on any atom is 0.335 e. The molecule has 156 valence electrons. The van der Waals surface area contributed by atoms with Gasteiger partial charge in [0.2, 0.25) is 0 Å². The van der Waals surface area contributed by atoms with Gasteiger partial charge in [-0.2, -0.15) is 0 Å². The monoisotopic (exact) mass is 457 g/mol. The molecule has 0 unspecified atom stereocenters. The zero-order chi connectivity index (χ0) is 21.7. The molecule has 0 heterocycles. The molecule has 0 bridgehead atoms. The quantitative estimate of drug-likeness (QED) is 0.494. The van der Waals surface area contributed by atoms with Crippen molar-refractivity contribution in [3.05, 3.63) is 56.5 Å². The summed E-state index contributed by atoms with van der Waals surface area (Å²) in [5.74, 6) is -0.710. The lowest BCUT2D eigenvalue weighted by Crippen LogP contribution is -2.32. The standard InChI is InChI=1S/C21H22Cl3NO4/c1-4-7-25(19-17(23)8-13(21(27)28)9-18(19)24)20(26)15-10-14(5-6-16(15)22)29-11-12(2)3/h5-6,8-10,12H,4,7,11H2,1-3H3,(H,27,28). The molecule has 0 aliphatic carbocycles. The molecule has 8 heteroatoms. The number of halogens is 3. The summed E-state index contributed by atoms with van der Waals surface area (Å²) in [5.41, 5.74) is 0.431. The van der Waals surface area contributed by atoms with Crippen molar-refractivity contribution in [2.45, 2.75) is 27.2 Å². The van der Waals surface area contributed by atoms with Crippen LogP contribution < -0.4 is 9.64 Å².